The molecular weight excluding hydrogens is 372 g/mol. The van der Waals surface area contributed by atoms with Crippen LogP contribution in [-0.4, -0.2) is 42.8 Å². The Morgan fingerprint density at radius 2 is 2.11 bits per heavy atom. The fourth-order valence-corrected chi connectivity index (χ4v) is 3.58. The topological polar surface area (TPSA) is 102 Å². The van der Waals surface area contributed by atoms with Crippen LogP contribution >= 0.6 is 0 Å². The number of primary amides is 1. The van der Waals surface area contributed by atoms with Crippen molar-refractivity contribution >= 4 is 17.7 Å². The molecule has 1 saturated carbocycles. The number of carbonyl (C=O) groups is 3. The van der Waals surface area contributed by atoms with Gasteiger partial charge in [-0.2, -0.15) is 8.78 Å². The molecule has 2 aliphatic rings. The predicted octanol–water partition coefficient (Wildman–Crippen LogP) is 1.18. The lowest BCUT2D eigenvalue weighted by Gasteiger charge is -2.39. The molecule has 3 N–H and O–H groups in total. The fourth-order valence-electron chi connectivity index (χ4n) is 3.58. The van der Waals surface area contributed by atoms with Gasteiger partial charge < -0.3 is 20.7 Å². The molecule has 7 nitrogen and oxygen atoms in total. The summed E-state index contributed by atoms with van der Waals surface area (Å²) in [5, 5.41) is 2.41. The molecule has 1 heterocycles. The van der Waals surface area contributed by atoms with Gasteiger partial charge in [0.2, 0.25) is 5.91 Å². The summed E-state index contributed by atoms with van der Waals surface area (Å²) in [6, 6.07) is 5.94. The van der Waals surface area contributed by atoms with Crippen LogP contribution in [-0.2, 0) is 20.9 Å². The molecule has 1 aliphatic heterocycles. The molecule has 3 rings (SSSR count). The van der Waals surface area contributed by atoms with Gasteiger partial charge in [0.05, 0.1) is 5.41 Å². The number of alkyl halides is 2. The lowest BCUT2D eigenvalue weighted by atomic mass is 9.76. The third-order valence-electron chi connectivity index (χ3n) is 5.11. The van der Waals surface area contributed by atoms with Gasteiger partial charge in [-0.05, 0) is 42.5 Å². The minimum Gasteiger partial charge on any atom is -0.435 e. The van der Waals surface area contributed by atoms with Crippen molar-refractivity contribution < 1.29 is 27.9 Å². The molecule has 9 heteroatoms. The van der Waals surface area contributed by atoms with Crippen molar-refractivity contribution in [1.82, 2.24) is 10.2 Å². The second-order valence-electron chi connectivity index (χ2n) is 7.00. The van der Waals surface area contributed by atoms with Gasteiger partial charge in [0, 0.05) is 20.1 Å². The van der Waals surface area contributed by atoms with Crippen LogP contribution in [0.4, 0.5) is 8.78 Å². The monoisotopic (exact) mass is 393 g/mol. The predicted molar refractivity (Wildman–Crippen MR) is 95.0 cm³/mol. The molecule has 1 aromatic rings. The van der Waals surface area contributed by atoms with E-state index in [1.54, 1.807) is 6.07 Å². The van der Waals surface area contributed by atoms with E-state index in [9.17, 15) is 23.2 Å². The lowest BCUT2D eigenvalue weighted by Crippen LogP contribution is -2.53. The van der Waals surface area contributed by atoms with Crippen LogP contribution in [0.25, 0.3) is 0 Å². The number of ether oxygens (including phenoxy) is 1. The number of rotatable bonds is 7. The Balaban J connectivity index is 1.93. The largest absolute Gasteiger partial charge is 0.435 e. The molecule has 1 aliphatic carbocycles. The van der Waals surface area contributed by atoms with E-state index < -0.39 is 29.7 Å². The molecule has 0 aromatic heterocycles. The number of nitrogens with two attached hydrogens (primary N) is 1. The van der Waals surface area contributed by atoms with Gasteiger partial charge in [-0.3, -0.25) is 14.4 Å². The maximum Gasteiger partial charge on any atom is 0.387 e. The van der Waals surface area contributed by atoms with Gasteiger partial charge in [0.1, 0.15) is 11.3 Å². The highest BCUT2D eigenvalue weighted by molar-refractivity contribution is 6.19. The average molecular weight is 393 g/mol. The Morgan fingerprint density at radius 3 is 2.68 bits per heavy atom. The van der Waals surface area contributed by atoms with Crippen LogP contribution in [0.1, 0.15) is 18.4 Å². The van der Waals surface area contributed by atoms with Crippen LogP contribution in [0.15, 0.2) is 35.9 Å². The lowest BCUT2D eigenvalue weighted by molar-refractivity contribution is -0.137. The first-order chi connectivity index (χ1) is 13.3. The second kappa shape index (κ2) is 7.57. The van der Waals surface area contributed by atoms with Gasteiger partial charge in [-0.15, -0.1) is 0 Å². The number of amides is 3. The van der Waals surface area contributed by atoms with Crippen molar-refractivity contribution in [2.45, 2.75) is 26.0 Å². The summed E-state index contributed by atoms with van der Waals surface area (Å²) in [7, 11) is 1.39. The van der Waals surface area contributed by atoms with Crippen molar-refractivity contribution in [3.05, 3.63) is 41.5 Å². The number of nitrogens with one attached hydrogen (secondary N) is 1. The summed E-state index contributed by atoms with van der Waals surface area (Å²) < 4.78 is 29.3. The number of nitrogens with zero attached hydrogens (tertiary/aromatic N) is 1. The third kappa shape index (κ3) is 3.83. The smallest absolute Gasteiger partial charge is 0.387 e. The zero-order valence-corrected chi connectivity index (χ0v) is 15.3. The highest BCUT2D eigenvalue weighted by Gasteiger charge is 2.53. The number of hydrogen-bond donors (Lipinski definition) is 2. The number of benzene rings is 1. The van der Waals surface area contributed by atoms with E-state index in [2.05, 4.69) is 10.1 Å². The fraction of sp³-hybridized carbons (Fsp3) is 0.421. The van der Waals surface area contributed by atoms with E-state index >= 15 is 0 Å². The van der Waals surface area contributed by atoms with Gasteiger partial charge in [-0.25, -0.2) is 0 Å². The number of halogens is 2. The van der Waals surface area contributed by atoms with Crippen LogP contribution in [0.5, 0.6) is 5.75 Å². The Morgan fingerprint density at radius 1 is 1.39 bits per heavy atom. The molecule has 0 spiro atoms. The minimum atomic E-state index is -2.97. The summed E-state index contributed by atoms with van der Waals surface area (Å²) in [5.74, 6) is -1.81. The molecular formula is C19H21F2N3O4. The summed E-state index contributed by atoms with van der Waals surface area (Å²) in [6.07, 6.45) is 2.96. The standard InChI is InChI=1S/C19H21F2N3O4/c1-23-15(25)14-8-19(17(22)27,12-5-6-12)10-24(16(14)26)9-11-3-2-4-13(7-11)28-18(20)21/h2-4,7-8,12,18H,5-6,9-10H2,1H3,(H2,22,27)(H,23,25). The number of likely N-dealkylation sites (N-methyl/N-ethyl adjacent to an activating group) is 1. The summed E-state index contributed by atoms with van der Waals surface area (Å²) in [4.78, 5) is 38.7. The molecule has 1 aromatic carbocycles. The number of hydrogen-bond acceptors (Lipinski definition) is 4. The molecule has 1 fully saturated rings. The summed E-state index contributed by atoms with van der Waals surface area (Å²) in [6.45, 7) is -2.91. The third-order valence-corrected chi connectivity index (χ3v) is 5.11. The zero-order valence-electron chi connectivity index (χ0n) is 15.3. The summed E-state index contributed by atoms with van der Waals surface area (Å²) in [5.41, 5.74) is 4.94. The van der Waals surface area contributed by atoms with Crippen molar-refractivity contribution in [3.8, 4) is 5.75 Å². The van der Waals surface area contributed by atoms with E-state index in [0.717, 1.165) is 12.8 Å². The van der Waals surface area contributed by atoms with E-state index in [1.807, 2.05) is 0 Å². The molecule has 150 valence electrons. The highest BCUT2D eigenvalue weighted by atomic mass is 19.3. The first-order valence-electron chi connectivity index (χ1n) is 8.84. The molecule has 0 saturated heterocycles. The quantitative estimate of drug-likeness (QED) is 0.680. The van der Waals surface area contributed by atoms with Gasteiger partial charge in [0.25, 0.3) is 11.8 Å². The molecule has 0 radical (unpaired) electrons. The van der Waals surface area contributed by atoms with Gasteiger partial charge in [-0.1, -0.05) is 12.1 Å². The Kier molecular flexibility index (Phi) is 5.35. The number of carbonyl (C=O) groups excluding carboxylic acids is 3. The first-order valence-corrected chi connectivity index (χ1v) is 8.84. The van der Waals surface area contributed by atoms with E-state index in [-0.39, 0.29) is 30.3 Å². The van der Waals surface area contributed by atoms with Crippen LogP contribution in [0, 0.1) is 11.3 Å². The van der Waals surface area contributed by atoms with E-state index in [4.69, 9.17) is 5.73 Å². The zero-order chi connectivity index (χ0) is 20.5. The van der Waals surface area contributed by atoms with Crippen LogP contribution in [0.3, 0.4) is 0 Å². The maximum absolute atomic E-state index is 12.8. The van der Waals surface area contributed by atoms with Gasteiger partial charge >= 0.3 is 6.61 Å². The van der Waals surface area contributed by atoms with E-state index in [0.29, 0.717) is 5.56 Å². The normalized spacial score (nSPS) is 22.1. The first kappa shape index (κ1) is 19.8. The van der Waals surface area contributed by atoms with Crippen LogP contribution in [0.2, 0.25) is 0 Å². The molecule has 3 amide bonds. The van der Waals surface area contributed by atoms with Crippen LogP contribution < -0.4 is 15.8 Å². The van der Waals surface area contributed by atoms with E-state index in [1.165, 1.54) is 36.2 Å². The highest BCUT2D eigenvalue weighted by Crippen LogP contribution is 2.49. The Bertz CT molecular complexity index is 838. The van der Waals surface area contributed by atoms with Crippen molar-refractivity contribution in [2.24, 2.45) is 17.1 Å². The Hall–Kier alpha value is -2.97. The molecule has 1 atom stereocenters. The summed E-state index contributed by atoms with van der Waals surface area (Å²) >= 11 is 0. The average Bonchev–Trinajstić information content (AvgIpc) is 3.48. The van der Waals surface area contributed by atoms with Crippen molar-refractivity contribution in [3.63, 3.8) is 0 Å². The molecule has 1 unspecified atom stereocenters. The molecule has 28 heavy (non-hydrogen) atoms. The van der Waals surface area contributed by atoms with Crippen molar-refractivity contribution in [2.75, 3.05) is 13.6 Å². The van der Waals surface area contributed by atoms with Crippen molar-refractivity contribution in [1.29, 1.82) is 0 Å². The molecule has 0 bridgehead atoms. The SMILES string of the molecule is CNC(=O)C1=CC(C(N)=O)(C2CC2)CN(Cc2cccc(OC(F)F)c2)C1=O. The van der Waals surface area contributed by atoms with Gasteiger partial charge in [0.15, 0.2) is 0 Å². The maximum atomic E-state index is 12.8. The minimum absolute atomic E-state index is 0.0232. The second-order valence-corrected chi connectivity index (χ2v) is 7.00. The Labute approximate surface area is 160 Å².